The quantitative estimate of drug-likeness (QED) is 0.415. The van der Waals surface area contributed by atoms with Gasteiger partial charge in [0.25, 0.3) is 5.69 Å². The van der Waals surface area contributed by atoms with Crippen LogP contribution in [0, 0.1) is 10.1 Å². The van der Waals surface area contributed by atoms with Crippen molar-refractivity contribution in [1.82, 2.24) is 5.32 Å². The van der Waals surface area contributed by atoms with E-state index in [0.29, 0.717) is 35.4 Å². The van der Waals surface area contributed by atoms with Gasteiger partial charge in [-0.25, -0.2) is 0 Å². The smallest absolute Gasteiger partial charge is 0.271 e. The van der Waals surface area contributed by atoms with Crippen LogP contribution in [-0.2, 0) is 6.54 Å². The van der Waals surface area contributed by atoms with Gasteiger partial charge in [0.05, 0.1) is 22.7 Å². The Morgan fingerprint density at radius 2 is 1.96 bits per heavy atom. The Morgan fingerprint density at radius 1 is 1.17 bits per heavy atom. The van der Waals surface area contributed by atoms with Crippen LogP contribution in [-0.4, -0.2) is 25.1 Å². The first-order valence-corrected chi connectivity index (χ1v) is 7.98. The zero-order valence-electron chi connectivity index (χ0n) is 13.0. The van der Waals surface area contributed by atoms with E-state index in [4.69, 9.17) is 27.9 Å². The lowest BCUT2D eigenvalue weighted by atomic mass is 10.2. The first-order chi connectivity index (χ1) is 11.5. The molecule has 0 spiro atoms. The summed E-state index contributed by atoms with van der Waals surface area (Å²) in [7, 11) is 1.62. The molecule has 0 aliphatic rings. The number of halogens is 2. The Morgan fingerprint density at radius 3 is 2.62 bits per heavy atom. The van der Waals surface area contributed by atoms with Crippen molar-refractivity contribution >= 4 is 34.6 Å². The molecule has 0 fully saturated rings. The number of hydrogen-bond donors (Lipinski definition) is 2. The van der Waals surface area contributed by atoms with Crippen molar-refractivity contribution in [3.63, 3.8) is 0 Å². The Balaban J connectivity index is 1.81. The molecular weight excluding hydrogens is 353 g/mol. The second-order valence-corrected chi connectivity index (χ2v) is 5.82. The summed E-state index contributed by atoms with van der Waals surface area (Å²) in [5.41, 5.74) is 1.60. The zero-order chi connectivity index (χ0) is 17.5. The van der Waals surface area contributed by atoms with Crippen molar-refractivity contribution in [3.8, 4) is 5.75 Å². The number of nitro benzene ring substituents is 1. The number of rotatable bonds is 8. The summed E-state index contributed by atoms with van der Waals surface area (Å²) in [6.07, 6.45) is 0. The first-order valence-electron chi connectivity index (χ1n) is 7.22. The summed E-state index contributed by atoms with van der Waals surface area (Å²) in [5.74, 6) is 0.776. The Kier molecular flexibility index (Phi) is 6.66. The molecule has 0 aliphatic heterocycles. The summed E-state index contributed by atoms with van der Waals surface area (Å²) in [6.45, 7) is 1.89. The van der Waals surface area contributed by atoms with Crippen LogP contribution in [0.15, 0.2) is 36.4 Å². The van der Waals surface area contributed by atoms with Gasteiger partial charge >= 0.3 is 0 Å². The molecule has 0 saturated heterocycles. The second-order valence-electron chi connectivity index (χ2n) is 4.98. The second kappa shape index (κ2) is 8.73. The van der Waals surface area contributed by atoms with Crippen molar-refractivity contribution in [2.75, 3.05) is 25.5 Å². The van der Waals surface area contributed by atoms with E-state index >= 15 is 0 Å². The SMILES string of the molecule is COc1ccc(Cl)cc1CNCCNc1ccc([N+](=O)[O-])cc1Cl. The fourth-order valence-corrected chi connectivity index (χ4v) is 2.59. The molecule has 0 unspecified atom stereocenters. The summed E-state index contributed by atoms with van der Waals surface area (Å²) in [5, 5.41) is 18.0. The maximum atomic E-state index is 10.7. The van der Waals surface area contributed by atoms with Crippen LogP contribution >= 0.6 is 23.2 Å². The van der Waals surface area contributed by atoms with Gasteiger partial charge in [-0.1, -0.05) is 23.2 Å². The Bertz CT molecular complexity index is 726. The van der Waals surface area contributed by atoms with Crippen LogP contribution in [0.4, 0.5) is 11.4 Å². The van der Waals surface area contributed by atoms with Crippen LogP contribution in [0.25, 0.3) is 0 Å². The molecular formula is C16H17Cl2N3O3. The third-order valence-electron chi connectivity index (χ3n) is 3.34. The van der Waals surface area contributed by atoms with Gasteiger partial charge in [-0.05, 0) is 24.3 Å². The predicted molar refractivity (Wildman–Crippen MR) is 96.3 cm³/mol. The molecule has 0 amide bonds. The van der Waals surface area contributed by atoms with E-state index in [2.05, 4.69) is 10.6 Å². The van der Waals surface area contributed by atoms with Gasteiger partial charge in [-0.15, -0.1) is 0 Å². The number of nitrogens with zero attached hydrogens (tertiary/aromatic N) is 1. The molecule has 2 aromatic carbocycles. The topological polar surface area (TPSA) is 76.4 Å². The molecule has 8 heteroatoms. The summed E-state index contributed by atoms with van der Waals surface area (Å²) < 4.78 is 5.29. The molecule has 0 atom stereocenters. The predicted octanol–water partition coefficient (Wildman–Crippen LogP) is 4.11. The molecule has 0 heterocycles. The highest BCUT2D eigenvalue weighted by Gasteiger charge is 2.09. The number of hydrogen-bond acceptors (Lipinski definition) is 5. The molecule has 0 saturated carbocycles. The number of benzene rings is 2. The van der Waals surface area contributed by atoms with Gasteiger partial charge in [-0.3, -0.25) is 10.1 Å². The number of anilines is 1. The largest absolute Gasteiger partial charge is 0.496 e. The molecule has 128 valence electrons. The van der Waals surface area contributed by atoms with Crippen LogP contribution in [0.5, 0.6) is 5.75 Å². The Labute approximate surface area is 149 Å². The number of nitrogens with one attached hydrogen (secondary N) is 2. The molecule has 0 radical (unpaired) electrons. The van der Waals surface area contributed by atoms with Crippen LogP contribution < -0.4 is 15.4 Å². The highest BCUT2D eigenvalue weighted by molar-refractivity contribution is 6.33. The number of nitro groups is 1. The van der Waals surface area contributed by atoms with E-state index < -0.39 is 4.92 Å². The standard InChI is InChI=1S/C16H17Cl2N3O3/c1-24-16-5-2-12(17)8-11(16)10-19-6-7-20-15-4-3-13(21(22)23)9-14(15)18/h2-5,8-9,19-20H,6-7,10H2,1H3. The molecule has 24 heavy (non-hydrogen) atoms. The van der Waals surface area contributed by atoms with E-state index in [-0.39, 0.29) is 5.69 Å². The lowest BCUT2D eigenvalue weighted by Crippen LogP contribution is -2.22. The van der Waals surface area contributed by atoms with Crippen LogP contribution in [0.2, 0.25) is 10.0 Å². The average Bonchev–Trinajstić information content (AvgIpc) is 2.55. The van der Waals surface area contributed by atoms with Crippen LogP contribution in [0.1, 0.15) is 5.56 Å². The number of non-ortho nitro benzene ring substituents is 1. The lowest BCUT2D eigenvalue weighted by molar-refractivity contribution is -0.384. The fourth-order valence-electron chi connectivity index (χ4n) is 2.15. The van der Waals surface area contributed by atoms with E-state index in [1.807, 2.05) is 12.1 Å². The van der Waals surface area contributed by atoms with Gasteiger partial charge in [-0.2, -0.15) is 0 Å². The van der Waals surface area contributed by atoms with Gasteiger partial charge in [0, 0.05) is 42.4 Å². The molecule has 0 bridgehead atoms. The highest BCUT2D eigenvalue weighted by Crippen LogP contribution is 2.26. The molecule has 2 rings (SSSR count). The van der Waals surface area contributed by atoms with Crippen molar-refractivity contribution < 1.29 is 9.66 Å². The number of methoxy groups -OCH3 is 1. The van der Waals surface area contributed by atoms with Gasteiger partial charge in [0.15, 0.2) is 0 Å². The minimum Gasteiger partial charge on any atom is -0.496 e. The summed E-state index contributed by atoms with van der Waals surface area (Å²) in [6, 6.07) is 9.80. The first kappa shape index (κ1) is 18.3. The maximum Gasteiger partial charge on any atom is 0.271 e. The van der Waals surface area contributed by atoms with Gasteiger partial charge in [0.2, 0.25) is 0 Å². The van der Waals surface area contributed by atoms with Gasteiger partial charge in [0.1, 0.15) is 5.75 Å². The minimum atomic E-state index is -0.477. The molecule has 0 aliphatic carbocycles. The maximum absolute atomic E-state index is 10.7. The third-order valence-corrected chi connectivity index (χ3v) is 3.89. The average molecular weight is 370 g/mol. The minimum absolute atomic E-state index is 0.0308. The lowest BCUT2D eigenvalue weighted by Gasteiger charge is -2.11. The van der Waals surface area contributed by atoms with Gasteiger partial charge < -0.3 is 15.4 Å². The van der Waals surface area contributed by atoms with E-state index in [1.54, 1.807) is 19.2 Å². The molecule has 0 aromatic heterocycles. The molecule has 6 nitrogen and oxygen atoms in total. The van der Waals surface area contributed by atoms with E-state index in [0.717, 1.165) is 11.3 Å². The van der Waals surface area contributed by atoms with Crippen molar-refractivity contribution in [3.05, 3.63) is 62.1 Å². The van der Waals surface area contributed by atoms with E-state index in [1.165, 1.54) is 12.1 Å². The van der Waals surface area contributed by atoms with Crippen molar-refractivity contribution in [2.24, 2.45) is 0 Å². The fraction of sp³-hybridized carbons (Fsp3) is 0.250. The zero-order valence-corrected chi connectivity index (χ0v) is 14.5. The van der Waals surface area contributed by atoms with Crippen molar-refractivity contribution in [1.29, 1.82) is 0 Å². The Hall–Kier alpha value is -2.02. The molecule has 2 aromatic rings. The van der Waals surface area contributed by atoms with Crippen LogP contribution in [0.3, 0.4) is 0 Å². The summed E-state index contributed by atoms with van der Waals surface area (Å²) >= 11 is 12.0. The highest BCUT2D eigenvalue weighted by atomic mass is 35.5. The summed E-state index contributed by atoms with van der Waals surface area (Å²) in [4.78, 5) is 10.2. The molecule has 2 N–H and O–H groups in total. The normalized spacial score (nSPS) is 10.5. The third kappa shape index (κ3) is 4.99. The monoisotopic (exact) mass is 369 g/mol. The number of ether oxygens (including phenoxy) is 1. The van der Waals surface area contributed by atoms with E-state index in [9.17, 15) is 10.1 Å². The van der Waals surface area contributed by atoms with Crippen molar-refractivity contribution in [2.45, 2.75) is 6.54 Å².